The molecule has 1 aromatic heterocycles. The zero-order valence-electron chi connectivity index (χ0n) is 11.8. The number of thiocarbonyl (C=S) groups is 1. The Morgan fingerprint density at radius 2 is 1.80 bits per heavy atom. The zero-order valence-corrected chi connectivity index (χ0v) is 12.6. The van der Waals surface area contributed by atoms with Gasteiger partial charge in [-0.25, -0.2) is 4.98 Å². The van der Waals surface area contributed by atoms with E-state index < -0.39 is 0 Å². The lowest BCUT2D eigenvalue weighted by atomic mass is 10.1. The van der Waals surface area contributed by atoms with Crippen LogP contribution in [-0.4, -0.2) is 9.97 Å². The van der Waals surface area contributed by atoms with Gasteiger partial charge in [0, 0.05) is 12.2 Å². The molecule has 3 nitrogen and oxygen atoms in total. The molecule has 104 valence electrons. The Kier molecular flexibility index (Phi) is 4.69. The number of rotatable bonds is 5. The van der Waals surface area contributed by atoms with Crippen molar-refractivity contribution in [2.75, 3.05) is 5.32 Å². The van der Waals surface area contributed by atoms with Crippen LogP contribution in [0.3, 0.4) is 0 Å². The predicted octanol–water partition coefficient (Wildman–Crippen LogP) is 3.20. The van der Waals surface area contributed by atoms with Gasteiger partial charge in [-0.1, -0.05) is 43.4 Å². The maximum absolute atomic E-state index is 5.72. The lowest BCUT2D eigenvalue weighted by molar-refractivity contribution is 1.07. The number of pyridine rings is 1. The molecule has 0 spiro atoms. The van der Waals surface area contributed by atoms with Crippen molar-refractivity contribution >= 4 is 23.0 Å². The van der Waals surface area contributed by atoms with Gasteiger partial charge in [0.05, 0.1) is 5.56 Å². The Labute approximate surface area is 125 Å². The number of aryl methyl sites for hydroxylation is 2. The molecule has 0 aliphatic rings. The third-order valence-electron chi connectivity index (χ3n) is 3.19. The highest BCUT2D eigenvalue weighted by atomic mass is 32.1. The van der Waals surface area contributed by atoms with E-state index in [0.29, 0.717) is 11.5 Å². The van der Waals surface area contributed by atoms with Crippen LogP contribution in [0.2, 0.25) is 0 Å². The average Bonchev–Trinajstić information content (AvgIpc) is 2.45. The van der Waals surface area contributed by atoms with Crippen molar-refractivity contribution in [1.82, 2.24) is 4.98 Å². The second kappa shape index (κ2) is 6.48. The van der Waals surface area contributed by atoms with Crippen molar-refractivity contribution in [2.24, 2.45) is 5.73 Å². The van der Waals surface area contributed by atoms with Gasteiger partial charge in [0.2, 0.25) is 0 Å². The predicted molar refractivity (Wildman–Crippen MR) is 88.0 cm³/mol. The van der Waals surface area contributed by atoms with Crippen LogP contribution in [0.1, 0.15) is 29.3 Å². The summed E-state index contributed by atoms with van der Waals surface area (Å²) >= 11 is 5.05. The molecule has 0 aliphatic heterocycles. The van der Waals surface area contributed by atoms with Crippen molar-refractivity contribution < 1.29 is 0 Å². The first-order valence-electron chi connectivity index (χ1n) is 6.69. The van der Waals surface area contributed by atoms with Gasteiger partial charge < -0.3 is 11.1 Å². The highest BCUT2D eigenvalue weighted by Crippen LogP contribution is 2.15. The summed E-state index contributed by atoms with van der Waals surface area (Å²) in [6.07, 6.45) is 1.05. The second-order valence-electron chi connectivity index (χ2n) is 4.74. The van der Waals surface area contributed by atoms with Gasteiger partial charge in [0.15, 0.2) is 0 Å². The standard InChI is InChI=1S/C16H19N3S/c1-3-12-5-7-13(8-6-12)10-18-16-14(15(17)20)9-4-11(2)19-16/h4-9H,3,10H2,1-2H3,(H2,17,20)(H,18,19). The van der Waals surface area contributed by atoms with Crippen LogP contribution in [0.15, 0.2) is 36.4 Å². The molecule has 0 atom stereocenters. The molecule has 0 fully saturated rings. The van der Waals surface area contributed by atoms with Crippen molar-refractivity contribution in [3.8, 4) is 0 Å². The summed E-state index contributed by atoms with van der Waals surface area (Å²) in [5, 5.41) is 3.31. The topological polar surface area (TPSA) is 50.9 Å². The van der Waals surface area contributed by atoms with Gasteiger partial charge in [-0.3, -0.25) is 0 Å². The van der Waals surface area contributed by atoms with Crippen molar-refractivity contribution in [3.63, 3.8) is 0 Å². The van der Waals surface area contributed by atoms with Crippen LogP contribution in [0.4, 0.5) is 5.82 Å². The molecule has 0 saturated heterocycles. The Balaban J connectivity index is 2.13. The number of nitrogens with two attached hydrogens (primary N) is 1. The summed E-state index contributed by atoms with van der Waals surface area (Å²) in [6.45, 7) is 4.80. The van der Waals surface area contributed by atoms with Crippen LogP contribution >= 0.6 is 12.2 Å². The van der Waals surface area contributed by atoms with Gasteiger partial charge in [-0.05, 0) is 36.6 Å². The molecule has 0 unspecified atom stereocenters. The number of nitrogens with zero attached hydrogens (tertiary/aromatic N) is 1. The van der Waals surface area contributed by atoms with E-state index in [4.69, 9.17) is 18.0 Å². The summed E-state index contributed by atoms with van der Waals surface area (Å²) in [5.74, 6) is 0.747. The zero-order chi connectivity index (χ0) is 14.5. The molecule has 20 heavy (non-hydrogen) atoms. The number of anilines is 1. The molecule has 2 aromatic rings. The summed E-state index contributed by atoms with van der Waals surface area (Å²) in [4.78, 5) is 4.83. The fourth-order valence-corrected chi connectivity index (χ4v) is 2.13. The number of hydrogen-bond donors (Lipinski definition) is 2. The lowest BCUT2D eigenvalue weighted by Crippen LogP contribution is -2.14. The average molecular weight is 285 g/mol. The minimum Gasteiger partial charge on any atom is -0.389 e. The first-order chi connectivity index (χ1) is 9.60. The van der Waals surface area contributed by atoms with E-state index in [9.17, 15) is 0 Å². The number of benzene rings is 1. The fraction of sp³-hybridized carbons (Fsp3) is 0.250. The third-order valence-corrected chi connectivity index (χ3v) is 3.41. The maximum Gasteiger partial charge on any atom is 0.136 e. The molecule has 4 heteroatoms. The van der Waals surface area contributed by atoms with Gasteiger partial charge in [-0.15, -0.1) is 0 Å². The van der Waals surface area contributed by atoms with Crippen LogP contribution < -0.4 is 11.1 Å². The minimum absolute atomic E-state index is 0.362. The maximum atomic E-state index is 5.72. The van der Waals surface area contributed by atoms with E-state index in [1.54, 1.807) is 0 Å². The molecule has 2 rings (SSSR count). The smallest absolute Gasteiger partial charge is 0.136 e. The van der Waals surface area contributed by atoms with Crippen LogP contribution in [0, 0.1) is 6.92 Å². The van der Waals surface area contributed by atoms with E-state index in [1.807, 2.05) is 19.1 Å². The summed E-state index contributed by atoms with van der Waals surface area (Å²) in [6, 6.07) is 12.4. The molecule has 1 aromatic carbocycles. The quantitative estimate of drug-likeness (QED) is 0.828. The summed E-state index contributed by atoms with van der Waals surface area (Å²) in [7, 11) is 0. The molecular weight excluding hydrogens is 266 g/mol. The molecular formula is C16H19N3S. The van der Waals surface area contributed by atoms with Crippen LogP contribution in [0.5, 0.6) is 0 Å². The second-order valence-corrected chi connectivity index (χ2v) is 5.18. The molecule has 0 aliphatic carbocycles. The van der Waals surface area contributed by atoms with Gasteiger partial charge in [0.25, 0.3) is 0 Å². The molecule has 1 heterocycles. The Morgan fingerprint density at radius 3 is 2.40 bits per heavy atom. The summed E-state index contributed by atoms with van der Waals surface area (Å²) in [5.41, 5.74) is 10.00. The number of aromatic nitrogens is 1. The Morgan fingerprint density at radius 1 is 1.15 bits per heavy atom. The molecule has 0 saturated carbocycles. The fourth-order valence-electron chi connectivity index (χ4n) is 1.97. The van der Waals surface area contributed by atoms with E-state index >= 15 is 0 Å². The first kappa shape index (κ1) is 14.5. The van der Waals surface area contributed by atoms with E-state index in [1.165, 1.54) is 11.1 Å². The number of hydrogen-bond acceptors (Lipinski definition) is 3. The van der Waals surface area contributed by atoms with Crippen molar-refractivity contribution in [2.45, 2.75) is 26.8 Å². The van der Waals surface area contributed by atoms with Crippen LogP contribution in [0.25, 0.3) is 0 Å². The van der Waals surface area contributed by atoms with Gasteiger partial charge in [-0.2, -0.15) is 0 Å². The van der Waals surface area contributed by atoms with Crippen LogP contribution in [-0.2, 0) is 13.0 Å². The van der Waals surface area contributed by atoms with E-state index in [-0.39, 0.29) is 0 Å². The molecule has 0 amide bonds. The lowest BCUT2D eigenvalue weighted by Gasteiger charge is -2.11. The molecule has 3 N–H and O–H groups in total. The Hall–Kier alpha value is -1.94. The molecule has 0 bridgehead atoms. The third kappa shape index (κ3) is 3.54. The van der Waals surface area contributed by atoms with Gasteiger partial charge >= 0.3 is 0 Å². The largest absolute Gasteiger partial charge is 0.389 e. The van der Waals surface area contributed by atoms with Crippen molar-refractivity contribution in [3.05, 3.63) is 58.8 Å². The Bertz CT molecular complexity index is 606. The molecule has 0 radical (unpaired) electrons. The van der Waals surface area contributed by atoms with E-state index in [0.717, 1.165) is 23.5 Å². The highest BCUT2D eigenvalue weighted by molar-refractivity contribution is 7.80. The number of nitrogens with one attached hydrogen (secondary N) is 1. The highest BCUT2D eigenvalue weighted by Gasteiger charge is 2.06. The first-order valence-corrected chi connectivity index (χ1v) is 7.10. The normalized spacial score (nSPS) is 10.3. The van der Waals surface area contributed by atoms with Crippen molar-refractivity contribution in [1.29, 1.82) is 0 Å². The SMILES string of the molecule is CCc1ccc(CNc2nc(C)ccc2C(N)=S)cc1. The van der Waals surface area contributed by atoms with E-state index in [2.05, 4.69) is 41.5 Å². The minimum atomic E-state index is 0.362. The summed E-state index contributed by atoms with van der Waals surface area (Å²) < 4.78 is 0. The monoisotopic (exact) mass is 285 g/mol. The van der Waals surface area contributed by atoms with Gasteiger partial charge in [0.1, 0.15) is 10.8 Å².